The molecule has 0 aromatic rings. The Hall–Kier alpha value is -0.360. The van der Waals surface area contributed by atoms with Crippen LogP contribution in [0.1, 0.15) is 226 Å². The third-order valence-corrected chi connectivity index (χ3v) is 7.86. The van der Waals surface area contributed by atoms with Crippen LogP contribution in [0.25, 0.3) is 0 Å². The minimum atomic E-state index is -0.551. The Morgan fingerprint density at radius 1 is 0.377 bits per heavy atom. The highest BCUT2D eigenvalue weighted by atomic mass is 16.3. The number of rotatable bonds is 11. The molecule has 0 aliphatic heterocycles. The van der Waals surface area contributed by atoms with E-state index in [2.05, 4.69) is 138 Å². The average molecular weight is 892 g/mol. The molecule has 384 valence electrons. The molecule has 0 saturated carbocycles. The van der Waals surface area contributed by atoms with E-state index in [0.29, 0.717) is 54.8 Å². The normalized spacial score (nSPS) is 13.3. The lowest BCUT2D eigenvalue weighted by atomic mass is 9.82. The fraction of sp³-hybridized carbons (Fsp3) is 1.00. The number of hydrogen-bond donors (Lipinski definition) is 9. The van der Waals surface area contributed by atoms with Gasteiger partial charge in [-0.3, -0.25) is 0 Å². The molecule has 9 heteroatoms. The zero-order valence-corrected chi connectivity index (χ0v) is 45.6. The van der Waals surface area contributed by atoms with Crippen molar-refractivity contribution in [2.24, 2.45) is 55.7 Å². The van der Waals surface area contributed by atoms with Crippen LogP contribution in [0.2, 0.25) is 0 Å². The third-order valence-electron chi connectivity index (χ3n) is 7.86. The van der Waals surface area contributed by atoms with E-state index in [9.17, 15) is 0 Å². The van der Waals surface area contributed by atoms with Crippen molar-refractivity contribution in [1.82, 2.24) is 0 Å². The van der Waals surface area contributed by atoms with Gasteiger partial charge >= 0.3 is 0 Å². The Labute approximate surface area is 385 Å². The summed E-state index contributed by atoms with van der Waals surface area (Å²) in [5.41, 5.74) is 1.84. The van der Waals surface area contributed by atoms with Gasteiger partial charge in [0.1, 0.15) is 0 Å². The number of aliphatic hydroxyl groups excluding tert-OH is 9. The van der Waals surface area contributed by atoms with Gasteiger partial charge in [0.15, 0.2) is 0 Å². The monoisotopic (exact) mass is 891 g/mol. The van der Waals surface area contributed by atoms with Crippen LogP contribution in [0.4, 0.5) is 0 Å². The summed E-state index contributed by atoms with van der Waals surface area (Å²) >= 11 is 0. The molecule has 2 unspecified atom stereocenters. The van der Waals surface area contributed by atoms with Crippen LogP contribution in [0, 0.1) is 55.7 Å². The smallest absolute Gasteiger partial charge is 0.0775 e. The second-order valence-electron chi connectivity index (χ2n) is 25.6. The van der Waals surface area contributed by atoms with Gasteiger partial charge in [-0.2, -0.15) is 0 Å². The van der Waals surface area contributed by atoms with E-state index in [1.165, 1.54) is 0 Å². The Bertz CT molecular complexity index is 814. The molecule has 61 heavy (non-hydrogen) atoms. The summed E-state index contributed by atoms with van der Waals surface area (Å²) in [6.07, 6.45) is 4.17. The molecule has 0 saturated heterocycles. The zero-order valence-electron chi connectivity index (χ0n) is 45.6. The molecule has 0 radical (unpaired) electrons. The van der Waals surface area contributed by atoms with Crippen molar-refractivity contribution in [3.8, 4) is 0 Å². The maximum Gasteiger partial charge on any atom is 0.0775 e. The molecule has 9 N–H and O–H groups in total. The predicted molar refractivity (Wildman–Crippen MR) is 271 cm³/mol. The van der Waals surface area contributed by atoms with Crippen LogP contribution in [-0.2, 0) is 0 Å². The molecule has 0 aromatic heterocycles. The molecular formula is C52H122O9. The quantitative estimate of drug-likeness (QED) is 0.0975. The summed E-state index contributed by atoms with van der Waals surface area (Å²) in [4.78, 5) is 0. The second kappa shape index (κ2) is 42.3. The fourth-order valence-electron chi connectivity index (χ4n) is 3.29. The van der Waals surface area contributed by atoms with Crippen LogP contribution in [0.3, 0.4) is 0 Å². The lowest BCUT2D eigenvalue weighted by molar-refractivity contribution is 0.0612. The first-order valence-electron chi connectivity index (χ1n) is 22.9. The zero-order chi connectivity index (χ0) is 50.6. The Kier molecular flexibility index (Phi) is 56.1. The molecule has 0 spiro atoms. The average Bonchev–Trinajstić information content (AvgIpc) is 3.00. The van der Waals surface area contributed by atoms with Crippen molar-refractivity contribution < 1.29 is 46.0 Å². The molecule has 3 atom stereocenters. The first-order chi connectivity index (χ1) is 26.3. The molecule has 0 bridgehead atoms. The maximum atomic E-state index is 8.97. The summed E-state index contributed by atoms with van der Waals surface area (Å²) in [5, 5.41) is 77.7. The summed E-state index contributed by atoms with van der Waals surface area (Å²) in [6, 6.07) is 0. The standard InChI is InChI=1S/C8H18O2.2C7H16O2.2C7H16O.C6H14O.C5H12.C4H10.CH4/c1-8(2,3)5-4-7(10)6-9;1-7(2,3)6(4-8)5-9;1-7(2,3)4-6(9)5-8;1-6(5-8)7(2,3)4;1-7(2,3)5-4-6-8;1-6(2,3)4-5-7;1-5(2,3)4;1-4(2)3;/h7,9-10H,4-6H2,1-3H3;2*6,8-9H,4-5H2,1-3H3;6,8H,5H2,1-4H3;8H,4-6H2,1-3H3;7H,4-5H2,1-3H3;1-4H3;4H,1-3H3;1H4/t;;;6-;;;;;/m...1...../s1. The molecule has 0 amide bonds. The van der Waals surface area contributed by atoms with Crippen LogP contribution in [-0.4, -0.2) is 104 Å². The van der Waals surface area contributed by atoms with E-state index in [4.69, 9.17) is 46.0 Å². The predicted octanol–water partition coefficient (Wildman–Crippen LogP) is 11.8. The number of aliphatic hydroxyl groups is 9. The minimum Gasteiger partial charge on any atom is -0.396 e. The highest BCUT2D eigenvalue weighted by Gasteiger charge is 2.22. The van der Waals surface area contributed by atoms with Crippen LogP contribution >= 0.6 is 0 Å². The Balaban J connectivity index is -0.0000000731. The van der Waals surface area contributed by atoms with E-state index in [1.54, 1.807) is 0 Å². The fourth-order valence-corrected chi connectivity index (χ4v) is 3.29. The van der Waals surface area contributed by atoms with Gasteiger partial charge in [-0.05, 0) is 88.3 Å². The molecule has 9 nitrogen and oxygen atoms in total. The highest BCUT2D eigenvalue weighted by Crippen LogP contribution is 2.25. The topological polar surface area (TPSA) is 182 Å². The van der Waals surface area contributed by atoms with E-state index < -0.39 is 12.2 Å². The van der Waals surface area contributed by atoms with E-state index in [0.717, 1.165) is 31.6 Å². The van der Waals surface area contributed by atoms with Crippen LogP contribution < -0.4 is 0 Å². The van der Waals surface area contributed by atoms with Gasteiger partial charge < -0.3 is 46.0 Å². The molecule has 0 heterocycles. The maximum absolute atomic E-state index is 8.97. The minimum absolute atomic E-state index is 0. The Morgan fingerprint density at radius 2 is 0.689 bits per heavy atom. The summed E-state index contributed by atoms with van der Waals surface area (Å²) in [6.45, 7) is 55.9. The third kappa shape index (κ3) is 114. The first-order valence-corrected chi connectivity index (χ1v) is 22.9. The van der Waals surface area contributed by atoms with Crippen LogP contribution in [0.15, 0.2) is 0 Å². The second-order valence-corrected chi connectivity index (χ2v) is 25.6. The van der Waals surface area contributed by atoms with Gasteiger partial charge in [-0.25, -0.2) is 0 Å². The molecule has 0 rings (SSSR count). The lowest BCUT2D eigenvalue weighted by Crippen LogP contribution is -2.26. The summed E-state index contributed by atoms with van der Waals surface area (Å²) in [7, 11) is 0. The van der Waals surface area contributed by atoms with E-state index >= 15 is 0 Å². The van der Waals surface area contributed by atoms with Gasteiger partial charge in [0.25, 0.3) is 0 Å². The molecule has 0 aliphatic carbocycles. The first kappa shape index (κ1) is 80.9. The molecule has 0 aromatic carbocycles. The van der Waals surface area contributed by atoms with E-state index in [1.807, 2.05) is 41.5 Å². The summed E-state index contributed by atoms with van der Waals surface area (Å²) < 4.78 is 0. The summed E-state index contributed by atoms with van der Waals surface area (Å²) in [5.74, 6) is 1.25. The van der Waals surface area contributed by atoms with Crippen molar-refractivity contribution in [2.45, 2.75) is 238 Å². The van der Waals surface area contributed by atoms with Crippen molar-refractivity contribution >= 4 is 0 Å². The van der Waals surface area contributed by atoms with Crippen LogP contribution in [0.5, 0.6) is 0 Å². The highest BCUT2D eigenvalue weighted by molar-refractivity contribution is 4.72. The molecule has 0 fully saturated rings. The Morgan fingerprint density at radius 3 is 0.770 bits per heavy atom. The van der Waals surface area contributed by atoms with Gasteiger partial charge in [0, 0.05) is 39.0 Å². The van der Waals surface area contributed by atoms with Gasteiger partial charge in [0.2, 0.25) is 0 Å². The molecule has 0 aliphatic rings. The van der Waals surface area contributed by atoms with Crippen molar-refractivity contribution in [1.29, 1.82) is 0 Å². The van der Waals surface area contributed by atoms with Gasteiger partial charge in [0.05, 0.1) is 25.4 Å². The molecular weight excluding hydrogens is 769 g/mol. The van der Waals surface area contributed by atoms with E-state index in [-0.39, 0.29) is 61.4 Å². The van der Waals surface area contributed by atoms with Gasteiger partial charge in [-0.15, -0.1) is 0 Å². The van der Waals surface area contributed by atoms with Crippen molar-refractivity contribution in [3.05, 3.63) is 0 Å². The van der Waals surface area contributed by atoms with Crippen molar-refractivity contribution in [3.63, 3.8) is 0 Å². The SMILES string of the molecule is C.CC(C)(C)C.CC(C)(C)C(CO)CO.CC(C)(C)CC(O)CO.CC(C)(C)CCC(O)CO.CC(C)(C)CCCO.CC(C)(C)CCO.CC(C)C.C[C@H](CO)C(C)(C)C. The van der Waals surface area contributed by atoms with Crippen molar-refractivity contribution in [2.75, 3.05) is 46.2 Å². The lowest BCUT2D eigenvalue weighted by Gasteiger charge is -2.26. The largest absolute Gasteiger partial charge is 0.396 e. The number of hydrogen-bond acceptors (Lipinski definition) is 9. The van der Waals surface area contributed by atoms with Gasteiger partial charge in [-0.1, -0.05) is 187 Å².